The number of hydrogen-bond acceptors (Lipinski definition) is 3. The number of Topliss-reactive ketones (excluding diaryl/α,β-unsaturated/α-hetero) is 1. The van der Waals surface area contributed by atoms with E-state index in [9.17, 15) is 14.0 Å². The molecule has 6 heteroatoms. The number of benzene rings is 1. The zero-order valence-corrected chi connectivity index (χ0v) is 14.8. The predicted octanol–water partition coefficient (Wildman–Crippen LogP) is 4.11. The molecule has 0 radical (unpaired) electrons. The topological polar surface area (TPSA) is 70.5 Å². The third kappa shape index (κ3) is 5.00. The van der Waals surface area contributed by atoms with Crippen molar-refractivity contribution < 1.29 is 19.1 Å². The SMILES string of the molecule is O=C(CC1CCN(C(=O)O)CC1)C(=Cc1ccc(F)cc1)c1ccncc1. The van der Waals surface area contributed by atoms with Crippen LogP contribution in [0.25, 0.3) is 11.6 Å². The van der Waals surface area contributed by atoms with Crippen molar-refractivity contribution in [2.75, 3.05) is 13.1 Å². The zero-order chi connectivity index (χ0) is 19.2. The molecule has 0 unspecified atom stereocenters. The fraction of sp³-hybridized carbons (Fsp3) is 0.286. The lowest BCUT2D eigenvalue weighted by Crippen LogP contribution is -2.37. The Morgan fingerprint density at radius 2 is 1.74 bits per heavy atom. The Kier molecular flexibility index (Phi) is 5.96. The second kappa shape index (κ2) is 8.58. The van der Waals surface area contributed by atoms with E-state index in [0.717, 1.165) is 11.1 Å². The standard InChI is InChI=1S/C21H21FN2O3/c22-18-3-1-15(2-4-18)13-19(17-5-9-23-10-6-17)20(25)14-16-7-11-24(12-8-16)21(26)27/h1-6,9-10,13,16H,7-8,11-12,14H2,(H,26,27). The first-order valence-corrected chi connectivity index (χ1v) is 8.91. The fourth-order valence-electron chi connectivity index (χ4n) is 3.28. The van der Waals surface area contributed by atoms with Gasteiger partial charge in [0.05, 0.1) is 0 Å². The van der Waals surface area contributed by atoms with E-state index in [1.54, 1.807) is 42.7 Å². The van der Waals surface area contributed by atoms with Gasteiger partial charge in [-0.3, -0.25) is 9.78 Å². The molecule has 2 heterocycles. The number of piperidine rings is 1. The molecule has 1 fully saturated rings. The number of halogens is 1. The molecular weight excluding hydrogens is 347 g/mol. The molecule has 0 bridgehead atoms. The minimum absolute atomic E-state index is 0.000648. The number of hydrogen-bond donors (Lipinski definition) is 1. The Hall–Kier alpha value is -3.02. The number of amides is 1. The van der Waals surface area contributed by atoms with Crippen LogP contribution in [0.1, 0.15) is 30.4 Å². The monoisotopic (exact) mass is 368 g/mol. The first-order valence-electron chi connectivity index (χ1n) is 8.91. The smallest absolute Gasteiger partial charge is 0.407 e. The first-order chi connectivity index (χ1) is 13.0. The van der Waals surface area contributed by atoms with Crippen LogP contribution in [0.15, 0.2) is 48.8 Å². The molecule has 0 aliphatic carbocycles. The molecule has 0 atom stereocenters. The summed E-state index contributed by atoms with van der Waals surface area (Å²) in [6.07, 6.45) is 5.84. The van der Waals surface area contributed by atoms with Gasteiger partial charge in [0.15, 0.2) is 5.78 Å². The van der Waals surface area contributed by atoms with Gasteiger partial charge < -0.3 is 10.0 Å². The van der Waals surface area contributed by atoms with Crippen LogP contribution in [0, 0.1) is 11.7 Å². The molecule has 1 aliphatic rings. The van der Waals surface area contributed by atoms with E-state index in [-0.39, 0.29) is 17.5 Å². The van der Waals surface area contributed by atoms with Gasteiger partial charge >= 0.3 is 6.09 Å². The van der Waals surface area contributed by atoms with Crippen molar-refractivity contribution in [2.45, 2.75) is 19.3 Å². The maximum Gasteiger partial charge on any atom is 0.407 e. The van der Waals surface area contributed by atoms with Gasteiger partial charge in [0, 0.05) is 37.5 Å². The number of carbonyl (C=O) groups is 2. The van der Waals surface area contributed by atoms with E-state index in [2.05, 4.69) is 4.98 Å². The highest BCUT2D eigenvalue weighted by atomic mass is 19.1. The van der Waals surface area contributed by atoms with Gasteiger partial charge in [0.2, 0.25) is 0 Å². The molecule has 1 saturated heterocycles. The minimum atomic E-state index is -0.909. The van der Waals surface area contributed by atoms with Crippen LogP contribution >= 0.6 is 0 Å². The molecule has 2 aromatic rings. The largest absolute Gasteiger partial charge is 0.465 e. The van der Waals surface area contributed by atoms with Crippen LogP contribution in [0.4, 0.5) is 9.18 Å². The second-order valence-corrected chi connectivity index (χ2v) is 6.69. The third-order valence-electron chi connectivity index (χ3n) is 4.83. The molecule has 27 heavy (non-hydrogen) atoms. The van der Waals surface area contributed by atoms with Gasteiger partial charge in [0.25, 0.3) is 0 Å². The highest BCUT2D eigenvalue weighted by Gasteiger charge is 2.25. The molecular formula is C21H21FN2O3. The van der Waals surface area contributed by atoms with Gasteiger partial charge in [-0.05, 0) is 60.2 Å². The number of ketones is 1. The Bertz CT molecular complexity index is 826. The average Bonchev–Trinajstić information content (AvgIpc) is 2.68. The normalized spacial score (nSPS) is 15.6. The van der Waals surface area contributed by atoms with E-state index in [1.165, 1.54) is 17.0 Å². The number of rotatable bonds is 5. The summed E-state index contributed by atoms with van der Waals surface area (Å²) in [6, 6.07) is 9.55. The molecule has 1 aliphatic heterocycles. The van der Waals surface area contributed by atoms with Gasteiger partial charge in [-0.15, -0.1) is 0 Å². The first kappa shape index (κ1) is 18.8. The minimum Gasteiger partial charge on any atom is -0.465 e. The molecule has 0 saturated carbocycles. The van der Waals surface area contributed by atoms with Gasteiger partial charge in [-0.1, -0.05) is 12.1 Å². The van der Waals surface area contributed by atoms with Crippen molar-refractivity contribution in [3.63, 3.8) is 0 Å². The highest BCUT2D eigenvalue weighted by molar-refractivity contribution is 6.25. The zero-order valence-electron chi connectivity index (χ0n) is 14.8. The van der Waals surface area contributed by atoms with E-state index >= 15 is 0 Å². The van der Waals surface area contributed by atoms with Gasteiger partial charge in [0.1, 0.15) is 5.82 Å². The summed E-state index contributed by atoms with van der Waals surface area (Å²) in [4.78, 5) is 29.4. The summed E-state index contributed by atoms with van der Waals surface area (Å²) >= 11 is 0. The van der Waals surface area contributed by atoms with Gasteiger partial charge in [-0.25, -0.2) is 9.18 Å². The molecule has 140 valence electrons. The molecule has 1 aromatic heterocycles. The molecule has 1 amide bonds. The lowest BCUT2D eigenvalue weighted by atomic mass is 9.87. The fourth-order valence-corrected chi connectivity index (χ4v) is 3.28. The Balaban J connectivity index is 1.78. The van der Waals surface area contributed by atoms with Crippen molar-refractivity contribution in [3.8, 4) is 0 Å². The maximum atomic E-state index is 13.2. The average molecular weight is 368 g/mol. The summed E-state index contributed by atoms with van der Waals surface area (Å²) in [7, 11) is 0. The summed E-state index contributed by atoms with van der Waals surface area (Å²) in [5.74, 6) is -0.167. The van der Waals surface area contributed by atoms with Crippen LogP contribution in [-0.2, 0) is 4.79 Å². The van der Waals surface area contributed by atoms with E-state index in [1.807, 2.05) is 0 Å². The Labute approximate surface area is 157 Å². The molecule has 1 N–H and O–H groups in total. The lowest BCUT2D eigenvalue weighted by Gasteiger charge is -2.29. The van der Waals surface area contributed by atoms with E-state index < -0.39 is 6.09 Å². The summed E-state index contributed by atoms with van der Waals surface area (Å²) in [5, 5.41) is 9.04. The number of likely N-dealkylation sites (tertiary alicyclic amines) is 1. The van der Waals surface area contributed by atoms with Crippen LogP contribution < -0.4 is 0 Å². The summed E-state index contributed by atoms with van der Waals surface area (Å²) < 4.78 is 13.2. The van der Waals surface area contributed by atoms with Crippen molar-refractivity contribution in [2.24, 2.45) is 5.92 Å². The number of allylic oxidation sites excluding steroid dienone is 1. The predicted molar refractivity (Wildman–Crippen MR) is 100 cm³/mol. The number of carboxylic acid groups (broad SMARTS) is 1. The molecule has 3 rings (SSSR count). The highest BCUT2D eigenvalue weighted by Crippen LogP contribution is 2.27. The Morgan fingerprint density at radius 1 is 1.11 bits per heavy atom. The molecule has 5 nitrogen and oxygen atoms in total. The second-order valence-electron chi connectivity index (χ2n) is 6.69. The summed E-state index contributed by atoms with van der Waals surface area (Å²) in [5.41, 5.74) is 2.07. The van der Waals surface area contributed by atoms with Crippen molar-refractivity contribution in [1.82, 2.24) is 9.88 Å². The van der Waals surface area contributed by atoms with Crippen LogP contribution in [-0.4, -0.2) is 40.0 Å². The van der Waals surface area contributed by atoms with E-state index in [0.29, 0.717) is 37.9 Å². The van der Waals surface area contributed by atoms with Crippen LogP contribution in [0.5, 0.6) is 0 Å². The Morgan fingerprint density at radius 3 is 2.33 bits per heavy atom. The van der Waals surface area contributed by atoms with Gasteiger partial charge in [-0.2, -0.15) is 0 Å². The summed E-state index contributed by atoms with van der Waals surface area (Å²) in [6.45, 7) is 0.916. The number of aromatic nitrogens is 1. The van der Waals surface area contributed by atoms with Crippen molar-refractivity contribution in [1.29, 1.82) is 0 Å². The third-order valence-corrected chi connectivity index (χ3v) is 4.83. The van der Waals surface area contributed by atoms with Crippen molar-refractivity contribution in [3.05, 3.63) is 65.7 Å². The van der Waals surface area contributed by atoms with Crippen LogP contribution in [0.2, 0.25) is 0 Å². The number of pyridine rings is 1. The molecule has 0 spiro atoms. The quantitative estimate of drug-likeness (QED) is 0.806. The number of carbonyl (C=O) groups excluding carboxylic acids is 1. The number of nitrogens with zero attached hydrogens (tertiary/aromatic N) is 2. The lowest BCUT2D eigenvalue weighted by molar-refractivity contribution is -0.114. The maximum absolute atomic E-state index is 13.2. The van der Waals surface area contributed by atoms with E-state index in [4.69, 9.17) is 5.11 Å². The van der Waals surface area contributed by atoms with Crippen molar-refractivity contribution >= 4 is 23.5 Å². The van der Waals surface area contributed by atoms with Crippen LogP contribution in [0.3, 0.4) is 0 Å². The molecule has 1 aromatic carbocycles.